The normalized spacial score (nSPS) is 16.7. The molecular weight excluding hydrogens is 354 g/mol. The van der Waals surface area contributed by atoms with E-state index >= 15 is 0 Å². The monoisotopic (exact) mass is 379 g/mol. The minimum Gasteiger partial charge on any atom is -0.341 e. The molecule has 1 aliphatic rings. The van der Waals surface area contributed by atoms with Crippen LogP contribution in [0.5, 0.6) is 0 Å². The molecular formula is C20H25N7O. The van der Waals surface area contributed by atoms with Gasteiger partial charge in [-0.05, 0) is 32.4 Å². The highest BCUT2D eigenvalue weighted by Crippen LogP contribution is 2.23. The lowest BCUT2D eigenvalue weighted by Gasteiger charge is -2.18. The predicted molar refractivity (Wildman–Crippen MR) is 109 cm³/mol. The average molecular weight is 379 g/mol. The molecule has 3 aromatic rings. The number of hydrogen-bond acceptors (Lipinski definition) is 6. The Morgan fingerprint density at radius 1 is 1.36 bits per heavy atom. The van der Waals surface area contributed by atoms with Crippen LogP contribution in [0.15, 0.2) is 47.0 Å². The summed E-state index contributed by atoms with van der Waals surface area (Å²) in [6.07, 6.45) is 6.41. The van der Waals surface area contributed by atoms with Gasteiger partial charge in [-0.3, -0.25) is 9.78 Å². The fourth-order valence-electron chi connectivity index (χ4n) is 3.49. The van der Waals surface area contributed by atoms with Crippen molar-refractivity contribution in [1.82, 2.24) is 24.3 Å². The summed E-state index contributed by atoms with van der Waals surface area (Å²) >= 11 is 0. The van der Waals surface area contributed by atoms with Crippen LogP contribution in [0.25, 0.3) is 11.0 Å². The standard InChI is InChI=1S/C20H25N7O/c1-14(2)6-10-26-18-17(24-20(26)25-9-7-15(21)12-25)11-23-27(19(18)28)13-16-5-3-4-8-22-16/h3-6,8,11,15H,7,9-10,12-13,21H2,1-2H3. The van der Waals surface area contributed by atoms with Gasteiger partial charge in [-0.1, -0.05) is 17.7 Å². The van der Waals surface area contributed by atoms with Gasteiger partial charge in [0.25, 0.3) is 5.56 Å². The molecule has 2 N–H and O–H groups in total. The second kappa shape index (κ2) is 7.55. The molecule has 0 saturated carbocycles. The van der Waals surface area contributed by atoms with Gasteiger partial charge in [-0.15, -0.1) is 0 Å². The van der Waals surface area contributed by atoms with E-state index in [1.54, 1.807) is 12.4 Å². The zero-order valence-electron chi connectivity index (χ0n) is 16.2. The number of nitrogens with zero attached hydrogens (tertiary/aromatic N) is 6. The molecule has 0 radical (unpaired) electrons. The summed E-state index contributed by atoms with van der Waals surface area (Å²) in [5.41, 5.74) is 9.09. The van der Waals surface area contributed by atoms with Crippen LogP contribution in [-0.4, -0.2) is 43.4 Å². The zero-order valence-corrected chi connectivity index (χ0v) is 16.2. The van der Waals surface area contributed by atoms with E-state index in [4.69, 9.17) is 10.7 Å². The van der Waals surface area contributed by atoms with Crippen molar-refractivity contribution in [1.29, 1.82) is 0 Å². The number of rotatable bonds is 5. The number of hydrogen-bond donors (Lipinski definition) is 1. The predicted octanol–water partition coefficient (Wildman–Crippen LogP) is 1.54. The molecule has 8 nitrogen and oxygen atoms in total. The summed E-state index contributed by atoms with van der Waals surface area (Å²) < 4.78 is 3.43. The molecule has 0 aliphatic carbocycles. The van der Waals surface area contributed by atoms with Gasteiger partial charge in [0.1, 0.15) is 11.0 Å². The number of anilines is 1. The fraction of sp³-hybridized carbons (Fsp3) is 0.400. The number of aromatic nitrogens is 5. The second-order valence-electron chi connectivity index (χ2n) is 7.46. The van der Waals surface area contributed by atoms with Crippen LogP contribution in [0.4, 0.5) is 5.95 Å². The Labute approximate surface area is 163 Å². The van der Waals surface area contributed by atoms with Crippen molar-refractivity contribution in [3.8, 4) is 0 Å². The lowest BCUT2D eigenvalue weighted by molar-refractivity contribution is 0.631. The van der Waals surface area contributed by atoms with Crippen molar-refractivity contribution >= 4 is 17.0 Å². The van der Waals surface area contributed by atoms with Crippen LogP contribution in [0, 0.1) is 0 Å². The highest BCUT2D eigenvalue weighted by atomic mass is 16.1. The number of pyridine rings is 1. The Morgan fingerprint density at radius 3 is 2.89 bits per heavy atom. The molecule has 8 heteroatoms. The molecule has 4 heterocycles. The molecule has 28 heavy (non-hydrogen) atoms. The third-order valence-electron chi connectivity index (χ3n) is 4.96. The molecule has 146 valence electrons. The van der Waals surface area contributed by atoms with Crippen molar-refractivity contribution < 1.29 is 0 Å². The minimum absolute atomic E-state index is 0.135. The second-order valence-corrected chi connectivity index (χ2v) is 7.46. The minimum atomic E-state index is -0.160. The summed E-state index contributed by atoms with van der Waals surface area (Å²) in [4.78, 5) is 24.4. The van der Waals surface area contributed by atoms with Gasteiger partial charge >= 0.3 is 0 Å². The largest absolute Gasteiger partial charge is 0.341 e. The van der Waals surface area contributed by atoms with Crippen LogP contribution in [0.3, 0.4) is 0 Å². The van der Waals surface area contributed by atoms with Crippen LogP contribution < -0.4 is 16.2 Å². The summed E-state index contributed by atoms with van der Waals surface area (Å²) in [6, 6.07) is 5.77. The maximum atomic E-state index is 13.2. The SMILES string of the molecule is CC(C)=CCn1c(N2CCC(N)C2)nc2cnn(Cc3ccccn3)c(=O)c21. The van der Waals surface area contributed by atoms with E-state index in [2.05, 4.69) is 21.1 Å². The maximum absolute atomic E-state index is 13.2. The summed E-state index contributed by atoms with van der Waals surface area (Å²) in [6.45, 7) is 6.59. The van der Waals surface area contributed by atoms with E-state index in [-0.39, 0.29) is 11.6 Å². The van der Waals surface area contributed by atoms with Gasteiger partial charge in [0.05, 0.1) is 18.4 Å². The van der Waals surface area contributed by atoms with Crippen LogP contribution in [-0.2, 0) is 13.1 Å². The number of nitrogens with two attached hydrogens (primary N) is 1. The molecule has 0 bridgehead atoms. The Kier molecular flexibility index (Phi) is 4.95. The number of allylic oxidation sites excluding steroid dienone is 2. The Bertz CT molecular complexity index is 1060. The van der Waals surface area contributed by atoms with Crippen molar-refractivity contribution in [2.45, 2.75) is 39.4 Å². The molecule has 1 atom stereocenters. The van der Waals surface area contributed by atoms with Gasteiger partial charge in [0, 0.05) is 31.9 Å². The molecule has 0 amide bonds. The molecule has 1 unspecified atom stereocenters. The lowest BCUT2D eigenvalue weighted by Crippen LogP contribution is -2.29. The molecule has 1 fully saturated rings. The van der Waals surface area contributed by atoms with Crippen LogP contribution in [0.1, 0.15) is 26.0 Å². The highest BCUT2D eigenvalue weighted by molar-refractivity contribution is 5.77. The molecule has 1 aliphatic heterocycles. The molecule has 0 aromatic carbocycles. The Morgan fingerprint density at radius 2 is 2.21 bits per heavy atom. The van der Waals surface area contributed by atoms with Crippen molar-refractivity contribution in [3.63, 3.8) is 0 Å². The summed E-state index contributed by atoms with van der Waals surface area (Å²) in [5.74, 6) is 0.787. The Hall–Kier alpha value is -3.00. The number of fused-ring (bicyclic) bond motifs is 1. The first-order valence-corrected chi connectivity index (χ1v) is 9.53. The Balaban J connectivity index is 1.82. The van der Waals surface area contributed by atoms with E-state index in [9.17, 15) is 4.79 Å². The quantitative estimate of drug-likeness (QED) is 0.676. The number of imidazole rings is 1. The van der Waals surface area contributed by atoms with Crippen molar-refractivity contribution in [2.75, 3.05) is 18.0 Å². The van der Waals surface area contributed by atoms with Gasteiger partial charge in [0.15, 0.2) is 0 Å². The van der Waals surface area contributed by atoms with Gasteiger partial charge in [-0.2, -0.15) is 5.10 Å². The molecule has 1 saturated heterocycles. The third-order valence-corrected chi connectivity index (χ3v) is 4.96. The molecule has 4 rings (SSSR count). The van der Waals surface area contributed by atoms with Gasteiger partial charge in [0.2, 0.25) is 5.95 Å². The lowest BCUT2D eigenvalue weighted by atomic mass is 10.3. The van der Waals surface area contributed by atoms with Crippen LogP contribution >= 0.6 is 0 Å². The van der Waals surface area contributed by atoms with Gasteiger partial charge < -0.3 is 15.2 Å². The fourth-order valence-corrected chi connectivity index (χ4v) is 3.49. The van der Waals surface area contributed by atoms with E-state index < -0.39 is 0 Å². The summed E-state index contributed by atoms with van der Waals surface area (Å²) in [5, 5.41) is 4.32. The highest BCUT2D eigenvalue weighted by Gasteiger charge is 2.25. The molecule has 0 spiro atoms. The first-order chi connectivity index (χ1) is 13.5. The van der Waals surface area contributed by atoms with Gasteiger partial charge in [-0.25, -0.2) is 9.67 Å². The average Bonchev–Trinajstić information content (AvgIpc) is 3.27. The van der Waals surface area contributed by atoms with E-state index in [0.717, 1.165) is 31.2 Å². The first kappa shape index (κ1) is 18.4. The smallest absolute Gasteiger partial charge is 0.293 e. The maximum Gasteiger partial charge on any atom is 0.293 e. The van der Waals surface area contributed by atoms with E-state index in [1.165, 1.54) is 10.3 Å². The summed E-state index contributed by atoms with van der Waals surface area (Å²) in [7, 11) is 0. The molecule has 3 aromatic heterocycles. The third kappa shape index (κ3) is 3.55. The topological polar surface area (TPSA) is 94.9 Å². The van der Waals surface area contributed by atoms with Crippen molar-refractivity contribution in [2.24, 2.45) is 5.73 Å². The first-order valence-electron chi connectivity index (χ1n) is 9.53. The van der Waals surface area contributed by atoms with E-state index in [0.29, 0.717) is 24.1 Å². The van der Waals surface area contributed by atoms with Crippen LogP contribution in [0.2, 0.25) is 0 Å². The zero-order chi connectivity index (χ0) is 19.7. The van der Waals surface area contributed by atoms with Crippen molar-refractivity contribution in [3.05, 3.63) is 58.3 Å². The van der Waals surface area contributed by atoms with E-state index in [1.807, 2.05) is 36.6 Å².